The predicted molar refractivity (Wildman–Crippen MR) is 106 cm³/mol. The van der Waals surface area contributed by atoms with Gasteiger partial charge in [0.2, 0.25) is 5.91 Å². The first-order valence-corrected chi connectivity index (χ1v) is 9.25. The van der Waals surface area contributed by atoms with E-state index in [0.717, 1.165) is 22.5 Å². The van der Waals surface area contributed by atoms with Crippen molar-refractivity contribution in [1.82, 2.24) is 29.4 Å². The molecule has 0 aliphatic heterocycles. The Morgan fingerprint density at radius 3 is 2.43 bits per heavy atom. The molecule has 2 heterocycles. The van der Waals surface area contributed by atoms with Gasteiger partial charge in [0, 0.05) is 18.3 Å². The van der Waals surface area contributed by atoms with Crippen molar-refractivity contribution in [2.24, 2.45) is 7.05 Å². The highest BCUT2D eigenvalue weighted by Crippen LogP contribution is 2.20. The third kappa shape index (κ3) is 3.90. The van der Waals surface area contributed by atoms with Crippen molar-refractivity contribution in [2.75, 3.05) is 0 Å². The fourth-order valence-corrected chi connectivity index (χ4v) is 3.51. The number of nitrogens with one attached hydrogen (secondary N) is 1. The van der Waals surface area contributed by atoms with Gasteiger partial charge >= 0.3 is 5.69 Å². The quantitative estimate of drug-likeness (QED) is 0.702. The molecule has 1 N–H and O–H groups in total. The Hall–Kier alpha value is -3.16. The van der Waals surface area contributed by atoms with Gasteiger partial charge in [-0.25, -0.2) is 9.48 Å². The summed E-state index contributed by atoms with van der Waals surface area (Å²) in [6.07, 6.45) is 0. The molecule has 0 aliphatic rings. The van der Waals surface area contributed by atoms with Crippen LogP contribution in [0.4, 0.5) is 0 Å². The van der Waals surface area contributed by atoms with E-state index >= 15 is 0 Å². The van der Waals surface area contributed by atoms with E-state index in [0.29, 0.717) is 12.4 Å². The van der Waals surface area contributed by atoms with Gasteiger partial charge in [0.15, 0.2) is 0 Å². The van der Waals surface area contributed by atoms with Gasteiger partial charge in [-0.15, -0.1) is 0 Å². The first kappa shape index (κ1) is 19.6. The Morgan fingerprint density at radius 1 is 1.14 bits per heavy atom. The van der Waals surface area contributed by atoms with E-state index in [1.807, 2.05) is 58.2 Å². The topological polar surface area (TPSA) is 86.7 Å². The van der Waals surface area contributed by atoms with Crippen LogP contribution in [0.25, 0.3) is 0 Å². The number of benzene rings is 1. The summed E-state index contributed by atoms with van der Waals surface area (Å²) < 4.78 is 4.58. The lowest BCUT2D eigenvalue weighted by molar-refractivity contribution is -0.122. The largest absolute Gasteiger partial charge is 0.348 e. The number of carbonyl (C=O) groups excluding carboxylic acids is 1. The summed E-state index contributed by atoms with van der Waals surface area (Å²) in [5, 5.41) is 11.6. The van der Waals surface area contributed by atoms with Crippen LogP contribution >= 0.6 is 0 Å². The summed E-state index contributed by atoms with van der Waals surface area (Å²) >= 11 is 0. The lowest BCUT2D eigenvalue weighted by atomic mass is 10.1. The van der Waals surface area contributed by atoms with Crippen LogP contribution in [-0.4, -0.2) is 30.0 Å². The third-order valence-corrected chi connectivity index (χ3v) is 4.96. The summed E-state index contributed by atoms with van der Waals surface area (Å²) in [6, 6.07) is 9.49. The minimum Gasteiger partial charge on any atom is -0.348 e. The first-order valence-electron chi connectivity index (χ1n) is 9.25. The maximum Gasteiger partial charge on any atom is 0.346 e. The molecule has 28 heavy (non-hydrogen) atoms. The number of aryl methyl sites for hydroxylation is 3. The molecule has 2 aromatic heterocycles. The first-order chi connectivity index (χ1) is 13.3. The summed E-state index contributed by atoms with van der Waals surface area (Å²) in [4.78, 5) is 25.2. The zero-order valence-corrected chi connectivity index (χ0v) is 16.9. The lowest BCUT2D eigenvalue weighted by Crippen LogP contribution is -2.35. The van der Waals surface area contributed by atoms with Crippen LogP contribution in [0.15, 0.2) is 35.1 Å². The molecule has 8 heteroatoms. The molecule has 0 bridgehead atoms. The normalized spacial score (nSPS) is 12.2. The smallest absolute Gasteiger partial charge is 0.346 e. The van der Waals surface area contributed by atoms with Crippen LogP contribution in [0.1, 0.15) is 41.3 Å². The molecule has 0 unspecified atom stereocenters. The minimum absolute atomic E-state index is 0.121. The van der Waals surface area contributed by atoms with E-state index in [2.05, 4.69) is 15.5 Å². The van der Waals surface area contributed by atoms with Crippen molar-refractivity contribution >= 4 is 5.91 Å². The summed E-state index contributed by atoms with van der Waals surface area (Å²) in [5.41, 5.74) is 3.60. The molecule has 1 atom stereocenters. The molecule has 0 spiro atoms. The Balaban J connectivity index is 1.72. The molecule has 8 nitrogen and oxygen atoms in total. The van der Waals surface area contributed by atoms with Gasteiger partial charge in [-0.05, 0) is 33.3 Å². The number of aromatic nitrogens is 5. The Kier molecular flexibility index (Phi) is 5.48. The summed E-state index contributed by atoms with van der Waals surface area (Å²) in [5.74, 6) is 0.315. The van der Waals surface area contributed by atoms with E-state index in [-0.39, 0.29) is 24.2 Å². The number of nitrogens with zero attached hydrogens (tertiary/aromatic N) is 5. The molecular formula is C20H26N6O2. The highest BCUT2D eigenvalue weighted by Gasteiger charge is 2.19. The van der Waals surface area contributed by atoms with Crippen LogP contribution in [-0.2, 0) is 24.9 Å². The number of hydrogen-bond donors (Lipinski definition) is 1. The molecule has 0 radical (unpaired) electrons. The highest BCUT2D eigenvalue weighted by molar-refractivity contribution is 5.76. The Morgan fingerprint density at radius 2 is 1.82 bits per heavy atom. The average Bonchev–Trinajstić information content (AvgIpc) is 3.04. The van der Waals surface area contributed by atoms with E-state index in [1.54, 1.807) is 16.2 Å². The molecule has 0 saturated carbocycles. The standard InChI is InChI=1S/C20H26N6O2/c1-13(19-14(2)22-24(5)15(19)3)21-18(27)12-26-20(28)25(16(4)23-26)11-17-9-7-6-8-10-17/h6-10,13H,11-12H2,1-5H3,(H,21,27)/t13-/m1/s1. The van der Waals surface area contributed by atoms with Crippen molar-refractivity contribution in [2.45, 2.75) is 46.8 Å². The van der Waals surface area contributed by atoms with Crippen molar-refractivity contribution < 1.29 is 4.79 Å². The second-order valence-corrected chi connectivity index (χ2v) is 7.06. The van der Waals surface area contributed by atoms with Crippen molar-refractivity contribution in [3.63, 3.8) is 0 Å². The molecule has 0 fully saturated rings. The summed E-state index contributed by atoms with van der Waals surface area (Å²) in [6.45, 7) is 7.88. The second kappa shape index (κ2) is 7.84. The number of carbonyl (C=O) groups is 1. The lowest BCUT2D eigenvalue weighted by Gasteiger charge is -2.14. The monoisotopic (exact) mass is 382 g/mol. The molecule has 148 valence electrons. The maximum atomic E-state index is 12.7. The zero-order valence-electron chi connectivity index (χ0n) is 16.9. The fraction of sp³-hybridized carbons (Fsp3) is 0.400. The van der Waals surface area contributed by atoms with Crippen LogP contribution in [0.2, 0.25) is 0 Å². The Labute approximate surface area is 163 Å². The number of amides is 1. The fourth-order valence-electron chi connectivity index (χ4n) is 3.51. The minimum atomic E-state index is -0.294. The highest BCUT2D eigenvalue weighted by atomic mass is 16.2. The van der Waals surface area contributed by atoms with Gasteiger partial charge in [-0.3, -0.25) is 14.0 Å². The molecule has 3 rings (SSSR count). The molecular weight excluding hydrogens is 356 g/mol. The molecule has 0 aliphatic carbocycles. The summed E-state index contributed by atoms with van der Waals surface area (Å²) in [7, 11) is 1.88. The molecule has 1 aromatic carbocycles. The van der Waals surface area contributed by atoms with E-state index < -0.39 is 0 Å². The van der Waals surface area contributed by atoms with E-state index in [1.165, 1.54) is 4.68 Å². The molecule has 0 saturated heterocycles. The zero-order chi connectivity index (χ0) is 20.4. The van der Waals surface area contributed by atoms with Gasteiger partial charge in [0.1, 0.15) is 12.4 Å². The second-order valence-electron chi connectivity index (χ2n) is 7.06. The van der Waals surface area contributed by atoms with Gasteiger partial charge in [0.25, 0.3) is 0 Å². The maximum absolute atomic E-state index is 12.7. The van der Waals surface area contributed by atoms with Crippen LogP contribution in [0.3, 0.4) is 0 Å². The van der Waals surface area contributed by atoms with Crippen molar-refractivity contribution in [3.8, 4) is 0 Å². The molecule has 1 amide bonds. The van der Waals surface area contributed by atoms with Crippen molar-refractivity contribution in [3.05, 3.63) is 69.2 Å². The SMILES string of the molecule is Cc1nn(C)c(C)c1[C@@H](C)NC(=O)Cn1nc(C)n(Cc2ccccc2)c1=O. The van der Waals surface area contributed by atoms with Crippen molar-refractivity contribution in [1.29, 1.82) is 0 Å². The van der Waals surface area contributed by atoms with Gasteiger partial charge < -0.3 is 5.32 Å². The number of hydrogen-bond acceptors (Lipinski definition) is 4. The van der Waals surface area contributed by atoms with Gasteiger partial charge in [-0.2, -0.15) is 10.2 Å². The Bertz CT molecular complexity index is 1040. The number of rotatable bonds is 6. The van der Waals surface area contributed by atoms with Gasteiger partial charge in [0.05, 0.1) is 18.3 Å². The molecule has 3 aromatic rings. The van der Waals surface area contributed by atoms with Crippen LogP contribution in [0.5, 0.6) is 0 Å². The van der Waals surface area contributed by atoms with E-state index in [9.17, 15) is 9.59 Å². The van der Waals surface area contributed by atoms with E-state index in [4.69, 9.17) is 0 Å². The third-order valence-electron chi connectivity index (χ3n) is 4.96. The van der Waals surface area contributed by atoms with Crippen LogP contribution in [0, 0.1) is 20.8 Å². The average molecular weight is 382 g/mol. The van der Waals surface area contributed by atoms with Crippen LogP contribution < -0.4 is 11.0 Å². The van der Waals surface area contributed by atoms with Gasteiger partial charge in [-0.1, -0.05) is 30.3 Å². The predicted octanol–water partition coefficient (Wildman–Crippen LogP) is 1.63.